The van der Waals surface area contributed by atoms with Crippen LogP contribution in [0.5, 0.6) is 0 Å². The summed E-state index contributed by atoms with van der Waals surface area (Å²) in [6, 6.07) is 3.46. The molecule has 1 unspecified atom stereocenters. The van der Waals surface area contributed by atoms with E-state index in [-0.39, 0.29) is 55.0 Å². The average molecular weight is 435 g/mol. The minimum Gasteiger partial charge on any atom is -1.00 e. The summed E-state index contributed by atoms with van der Waals surface area (Å²) < 4.78 is 12.1. The minimum atomic E-state index is -0.416. The van der Waals surface area contributed by atoms with Crippen LogP contribution in [0.15, 0.2) is 24.5 Å². The molecular formula is C17H26INO4. The molecule has 0 saturated heterocycles. The fraction of sp³-hybridized carbons (Fsp3) is 0.588. The van der Waals surface area contributed by atoms with Crippen molar-refractivity contribution in [3.8, 4) is 0 Å². The van der Waals surface area contributed by atoms with E-state index < -0.39 is 5.97 Å². The normalized spacial score (nSPS) is 11.5. The van der Waals surface area contributed by atoms with Crippen molar-refractivity contribution in [3.05, 3.63) is 30.1 Å². The van der Waals surface area contributed by atoms with Gasteiger partial charge in [-0.05, 0) is 18.4 Å². The highest BCUT2D eigenvalue weighted by molar-refractivity contribution is 5.88. The van der Waals surface area contributed by atoms with Crippen molar-refractivity contribution < 1.29 is 47.6 Å². The molecular weight excluding hydrogens is 409 g/mol. The van der Waals surface area contributed by atoms with Crippen molar-refractivity contribution in [2.45, 2.75) is 33.6 Å². The molecule has 0 aliphatic rings. The predicted molar refractivity (Wildman–Crippen MR) is 82.1 cm³/mol. The van der Waals surface area contributed by atoms with E-state index in [0.29, 0.717) is 5.56 Å². The van der Waals surface area contributed by atoms with Gasteiger partial charge < -0.3 is 33.5 Å². The molecule has 0 bridgehead atoms. The molecule has 1 aromatic rings. The van der Waals surface area contributed by atoms with Crippen LogP contribution in [-0.2, 0) is 21.3 Å². The lowest BCUT2D eigenvalue weighted by molar-refractivity contribution is -0.671. The van der Waals surface area contributed by atoms with Crippen LogP contribution in [0.4, 0.5) is 0 Å². The highest BCUT2D eigenvalue weighted by Gasteiger charge is 2.22. The maximum absolute atomic E-state index is 12.0. The number of pyridine rings is 1. The summed E-state index contributed by atoms with van der Waals surface area (Å²) in [7, 11) is 1.83. The Morgan fingerprint density at radius 1 is 1.22 bits per heavy atom. The van der Waals surface area contributed by atoms with Crippen molar-refractivity contribution in [3.63, 3.8) is 0 Å². The Morgan fingerprint density at radius 2 is 1.87 bits per heavy atom. The molecule has 1 aromatic heterocycles. The van der Waals surface area contributed by atoms with Crippen molar-refractivity contribution in [2.75, 3.05) is 13.2 Å². The van der Waals surface area contributed by atoms with E-state index >= 15 is 0 Å². The Hall–Kier alpha value is -1.18. The summed E-state index contributed by atoms with van der Waals surface area (Å²) in [4.78, 5) is 23.8. The lowest BCUT2D eigenvalue weighted by Gasteiger charge is -2.18. The van der Waals surface area contributed by atoms with Gasteiger partial charge in [0, 0.05) is 6.07 Å². The van der Waals surface area contributed by atoms with E-state index in [9.17, 15) is 9.59 Å². The van der Waals surface area contributed by atoms with E-state index in [1.807, 2.05) is 34.0 Å². The molecule has 1 heterocycles. The molecule has 0 radical (unpaired) electrons. The van der Waals surface area contributed by atoms with Gasteiger partial charge in [0.25, 0.3) is 0 Å². The number of hydrogen-bond donors (Lipinski definition) is 0. The molecule has 130 valence electrons. The summed E-state index contributed by atoms with van der Waals surface area (Å²) in [5, 5.41) is 0. The average Bonchev–Trinajstić information content (AvgIpc) is 2.48. The topological polar surface area (TPSA) is 56.5 Å². The molecule has 0 N–H and O–H groups in total. The summed E-state index contributed by atoms with van der Waals surface area (Å²) in [6.07, 6.45) is 5.28. The van der Waals surface area contributed by atoms with Crippen LogP contribution in [0.2, 0.25) is 0 Å². The maximum atomic E-state index is 12.0. The van der Waals surface area contributed by atoms with Crippen LogP contribution in [0.25, 0.3) is 0 Å². The fourth-order valence-electron chi connectivity index (χ4n) is 2.21. The van der Waals surface area contributed by atoms with Gasteiger partial charge in [0.15, 0.2) is 12.4 Å². The first kappa shape index (κ1) is 21.8. The Morgan fingerprint density at radius 3 is 2.43 bits per heavy atom. The van der Waals surface area contributed by atoms with E-state index in [2.05, 4.69) is 0 Å². The van der Waals surface area contributed by atoms with Crippen LogP contribution in [0, 0.1) is 11.8 Å². The number of ether oxygens (including phenoxy) is 2. The summed E-state index contributed by atoms with van der Waals surface area (Å²) in [5.41, 5.74) is 0.474. The molecule has 1 rings (SSSR count). The predicted octanol–water partition coefficient (Wildman–Crippen LogP) is -0.713. The number of halogens is 1. The van der Waals surface area contributed by atoms with Gasteiger partial charge in [-0.15, -0.1) is 0 Å². The summed E-state index contributed by atoms with van der Waals surface area (Å²) in [6.45, 7) is 6.23. The molecule has 23 heavy (non-hydrogen) atoms. The number of hydrogen-bond acceptors (Lipinski definition) is 4. The molecule has 0 spiro atoms. The van der Waals surface area contributed by atoms with Gasteiger partial charge >= 0.3 is 11.9 Å². The lowest BCUT2D eigenvalue weighted by Crippen LogP contribution is -3.00. The molecule has 6 heteroatoms. The van der Waals surface area contributed by atoms with Gasteiger partial charge in [0.05, 0.1) is 5.92 Å². The summed E-state index contributed by atoms with van der Waals surface area (Å²) >= 11 is 0. The molecule has 0 aromatic carbocycles. The third-order valence-corrected chi connectivity index (χ3v) is 3.44. The SMILES string of the molecule is CCCC(C(=O)OCCOC(=O)c1ccc[n+](C)c1)C(C)C.[I-]. The quantitative estimate of drug-likeness (QED) is 0.234. The lowest BCUT2D eigenvalue weighted by atomic mass is 9.92. The van der Waals surface area contributed by atoms with Crippen LogP contribution in [0.1, 0.15) is 44.0 Å². The zero-order chi connectivity index (χ0) is 16.5. The smallest absolute Gasteiger partial charge is 0.344 e. The highest BCUT2D eigenvalue weighted by atomic mass is 127. The Labute approximate surface area is 155 Å². The molecule has 0 aliphatic carbocycles. The second kappa shape index (κ2) is 11.4. The van der Waals surface area contributed by atoms with E-state index in [1.54, 1.807) is 22.9 Å². The van der Waals surface area contributed by atoms with Crippen LogP contribution < -0.4 is 28.5 Å². The zero-order valence-electron chi connectivity index (χ0n) is 14.3. The number of esters is 2. The number of nitrogens with zero attached hydrogens (tertiary/aromatic N) is 1. The first-order valence-electron chi connectivity index (χ1n) is 7.74. The van der Waals surface area contributed by atoms with Crippen molar-refractivity contribution in [1.29, 1.82) is 0 Å². The third kappa shape index (κ3) is 7.76. The third-order valence-electron chi connectivity index (χ3n) is 3.44. The largest absolute Gasteiger partial charge is 1.00 e. The Balaban J connectivity index is 0.00000484. The van der Waals surface area contributed by atoms with Gasteiger partial charge in [-0.1, -0.05) is 27.2 Å². The van der Waals surface area contributed by atoms with Gasteiger partial charge in [0.1, 0.15) is 25.8 Å². The van der Waals surface area contributed by atoms with E-state index in [4.69, 9.17) is 9.47 Å². The molecule has 0 amide bonds. The first-order chi connectivity index (χ1) is 10.5. The summed E-state index contributed by atoms with van der Waals surface area (Å²) in [5.74, 6) is -0.464. The maximum Gasteiger partial charge on any atom is 0.344 e. The minimum absolute atomic E-state index is 0. The number of aryl methyl sites for hydroxylation is 1. The second-order valence-electron chi connectivity index (χ2n) is 5.70. The van der Waals surface area contributed by atoms with Gasteiger partial charge in [-0.3, -0.25) is 4.79 Å². The number of aromatic nitrogens is 1. The molecule has 0 fully saturated rings. The van der Waals surface area contributed by atoms with Crippen molar-refractivity contribution >= 4 is 11.9 Å². The van der Waals surface area contributed by atoms with Gasteiger partial charge in [-0.25, -0.2) is 9.36 Å². The Kier molecular flexibility index (Phi) is 10.8. The first-order valence-corrected chi connectivity index (χ1v) is 7.74. The zero-order valence-corrected chi connectivity index (χ0v) is 16.4. The monoisotopic (exact) mass is 435 g/mol. The molecule has 1 atom stereocenters. The van der Waals surface area contributed by atoms with E-state index in [0.717, 1.165) is 12.8 Å². The molecule has 0 saturated carbocycles. The van der Waals surface area contributed by atoms with Crippen LogP contribution >= 0.6 is 0 Å². The number of carbonyl (C=O) groups is 2. The Bertz CT molecular complexity index is 505. The number of rotatable bonds is 8. The highest BCUT2D eigenvalue weighted by Crippen LogP contribution is 2.18. The van der Waals surface area contributed by atoms with Crippen molar-refractivity contribution in [2.24, 2.45) is 18.9 Å². The second-order valence-corrected chi connectivity index (χ2v) is 5.70. The van der Waals surface area contributed by atoms with Gasteiger partial charge in [0.2, 0.25) is 0 Å². The fourth-order valence-corrected chi connectivity index (χ4v) is 2.21. The standard InChI is InChI=1S/C17H26NO4.HI/c1-5-7-15(13(2)3)17(20)22-11-10-21-16(19)14-8-6-9-18(4)12-14;/h6,8-9,12-13,15H,5,7,10-11H2,1-4H3;1H/q+1;/p-1. The van der Waals surface area contributed by atoms with Gasteiger partial charge in [-0.2, -0.15) is 0 Å². The van der Waals surface area contributed by atoms with Crippen molar-refractivity contribution in [1.82, 2.24) is 0 Å². The van der Waals surface area contributed by atoms with Crippen LogP contribution in [-0.4, -0.2) is 25.2 Å². The molecule has 5 nitrogen and oxygen atoms in total. The molecule has 0 aliphatic heterocycles. The van der Waals surface area contributed by atoms with Crippen LogP contribution in [0.3, 0.4) is 0 Å². The van der Waals surface area contributed by atoms with E-state index in [1.165, 1.54) is 0 Å². The number of carbonyl (C=O) groups excluding carboxylic acids is 2.